The summed E-state index contributed by atoms with van der Waals surface area (Å²) in [5, 5.41) is 12.9. The molecule has 0 heterocycles. The third-order valence-electron chi connectivity index (χ3n) is 2.55. The van der Waals surface area contributed by atoms with Crippen molar-refractivity contribution in [3.8, 4) is 0 Å². The van der Waals surface area contributed by atoms with E-state index in [9.17, 15) is 0 Å². The van der Waals surface area contributed by atoms with Crippen molar-refractivity contribution >= 4 is 23.0 Å². The van der Waals surface area contributed by atoms with E-state index >= 15 is 0 Å². The van der Waals surface area contributed by atoms with Crippen molar-refractivity contribution in [2.45, 2.75) is 32.7 Å². The molecule has 0 unspecified atom stereocenters. The molecule has 0 aromatic heterocycles. The second-order valence-electron chi connectivity index (χ2n) is 4.67. The monoisotopic (exact) mass is 242 g/mol. The summed E-state index contributed by atoms with van der Waals surface area (Å²) in [6.07, 6.45) is 0.675. The van der Waals surface area contributed by atoms with Crippen LogP contribution in [0.3, 0.4) is 0 Å². The first-order chi connectivity index (χ1) is 7.35. The molecular formula is C12H19ClN2O. The fourth-order valence-electron chi connectivity index (χ4n) is 1.55. The molecule has 3 nitrogen and oxygen atoms in total. The quantitative estimate of drug-likeness (QED) is 0.712. The zero-order valence-electron chi connectivity index (χ0n) is 9.97. The van der Waals surface area contributed by atoms with Crippen molar-refractivity contribution in [1.29, 1.82) is 0 Å². The van der Waals surface area contributed by atoms with E-state index in [-0.39, 0.29) is 12.1 Å². The molecular weight excluding hydrogens is 224 g/mol. The maximum absolute atomic E-state index is 8.96. The normalized spacial score (nSPS) is 11.6. The van der Waals surface area contributed by atoms with Gasteiger partial charge in [-0.15, -0.1) is 0 Å². The second-order valence-corrected chi connectivity index (χ2v) is 5.08. The zero-order chi connectivity index (χ0) is 12.3. The standard InChI is InChI=1S/C12H19ClN2O/c1-8-6-10(14)9(13)7-11(8)15-12(2,3)4-5-16/h6-7,15-16H,4-5,14H2,1-3H3. The number of aliphatic hydroxyl groups excluding tert-OH is 1. The highest BCUT2D eigenvalue weighted by atomic mass is 35.5. The topological polar surface area (TPSA) is 58.3 Å². The van der Waals surface area contributed by atoms with E-state index in [1.54, 1.807) is 0 Å². The van der Waals surface area contributed by atoms with Gasteiger partial charge in [0.05, 0.1) is 10.7 Å². The van der Waals surface area contributed by atoms with Crippen molar-refractivity contribution in [1.82, 2.24) is 0 Å². The van der Waals surface area contributed by atoms with Gasteiger partial charge < -0.3 is 16.2 Å². The first kappa shape index (κ1) is 13.1. The Labute approximate surface area is 102 Å². The number of nitrogens with two attached hydrogens (primary N) is 1. The van der Waals surface area contributed by atoms with E-state index in [1.165, 1.54) is 0 Å². The van der Waals surface area contributed by atoms with Crippen LogP contribution in [-0.4, -0.2) is 17.3 Å². The summed E-state index contributed by atoms with van der Waals surface area (Å²) in [5.41, 5.74) is 8.14. The lowest BCUT2D eigenvalue weighted by Crippen LogP contribution is -2.32. The van der Waals surface area contributed by atoms with Gasteiger partial charge in [0, 0.05) is 17.8 Å². The summed E-state index contributed by atoms with van der Waals surface area (Å²) >= 11 is 5.98. The molecule has 0 saturated heterocycles. The molecule has 1 aromatic rings. The molecule has 0 aliphatic heterocycles. The van der Waals surface area contributed by atoms with Crippen LogP contribution in [0.15, 0.2) is 12.1 Å². The molecule has 4 N–H and O–H groups in total. The lowest BCUT2D eigenvalue weighted by molar-refractivity contribution is 0.261. The molecule has 4 heteroatoms. The number of benzene rings is 1. The molecule has 90 valence electrons. The van der Waals surface area contributed by atoms with Crippen molar-refractivity contribution < 1.29 is 5.11 Å². The van der Waals surface area contributed by atoms with Gasteiger partial charge in [0.25, 0.3) is 0 Å². The van der Waals surface area contributed by atoms with Gasteiger partial charge in [0.15, 0.2) is 0 Å². The van der Waals surface area contributed by atoms with Crippen LogP contribution in [0.1, 0.15) is 25.8 Å². The van der Waals surface area contributed by atoms with Crippen LogP contribution in [-0.2, 0) is 0 Å². The summed E-state index contributed by atoms with van der Waals surface area (Å²) in [7, 11) is 0. The van der Waals surface area contributed by atoms with Gasteiger partial charge in [-0.1, -0.05) is 11.6 Å². The number of aryl methyl sites for hydroxylation is 1. The highest BCUT2D eigenvalue weighted by molar-refractivity contribution is 6.33. The maximum Gasteiger partial charge on any atom is 0.0656 e. The molecule has 0 aliphatic carbocycles. The minimum absolute atomic E-state index is 0.155. The van der Waals surface area contributed by atoms with Crippen LogP contribution >= 0.6 is 11.6 Å². The lowest BCUT2D eigenvalue weighted by atomic mass is 10.00. The molecule has 0 saturated carbocycles. The Balaban J connectivity index is 2.93. The van der Waals surface area contributed by atoms with E-state index in [0.29, 0.717) is 17.1 Å². The lowest BCUT2D eigenvalue weighted by Gasteiger charge is -2.28. The second kappa shape index (κ2) is 4.93. The molecule has 0 aliphatic rings. The molecule has 0 fully saturated rings. The van der Waals surface area contributed by atoms with Gasteiger partial charge in [-0.2, -0.15) is 0 Å². The number of nitrogens with one attached hydrogen (secondary N) is 1. The predicted molar refractivity (Wildman–Crippen MR) is 70.0 cm³/mol. The van der Waals surface area contributed by atoms with Crippen LogP contribution in [0.2, 0.25) is 5.02 Å². The van der Waals surface area contributed by atoms with Gasteiger partial charge in [-0.05, 0) is 44.9 Å². The summed E-state index contributed by atoms with van der Waals surface area (Å²) in [4.78, 5) is 0. The molecule has 0 bridgehead atoms. The minimum atomic E-state index is -0.168. The summed E-state index contributed by atoms with van der Waals surface area (Å²) in [5.74, 6) is 0. The van der Waals surface area contributed by atoms with Crippen LogP contribution in [0.25, 0.3) is 0 Å². The summed E-state index contributed by atoms with van der Waals surface area (Å²) < 4.78 is 0. The first-order valence-corrected chi connectivity index (χ1v) is 5.68. The number of hydrogen-bond acceptors (Lipinski definition) is 3. The van der Waals surface area contributed by atoms with Gasteiger partial charge >= 0.3 is 0 Å². The Hall–Kier alpha value is -0.930. The van der Waals surface area contributed by atoms with E-state index in [0.717, 1.165) is 11.3 Å². The largest absolute Gasteiger partial charge is 0.398 e. The SMILES string of the molecule is Cc1cc(N)c(Cl)cc1NC(C)(C)CCO. The Bertz CT molecular complexity index is 378. The van der Waals surface area contributed by atoms with Crippen LogP contribution in [0, 0.1) is 6.92 Å². The third kappa shape index (κ3) is 3.29. The first-order valence-electron chi connectivity index (χ1n) is 5.30. The highest BCUT2D eigenvalue weighted by Gasteiger charge is 2.17. The van der Waals surface area contributed by atoms with Crippen molar-refractivity contribution in [2.75, 3.05) is 17.7 Å². The Morgan fingerprint density at radius 3 is 2.62 bits per heavy atom. The number of aliphatic hydroxyl groups is 1. The van der Waals surface area contributed by atoms with Gasteiger partial charge in [-0.25, -0.2) is 0 Å². The number of halogens is 1. The molecule has 0 atom stereocenters. The summed E-state index contributed by atoms with van der Waals surface area (Å²) in [6, 6.07) is 3.67. The van der Waals surface area contributed by atoms with E-state index in [4.69, 9.17) is 22.4 Å². The smallest absolute Gasteiger partial charge is 0.0656 e. The molecule has 16 heavy (non-hydrogen) atoms. The molecule has 1 rings (SSSR count). The van der Waals surface area contributed by atoms with Gasteiger partial charge in [0.2, 0.25) is 0 Å². The fraction of sp³-hybridized carbons (Fsp3) is 0.500. The summed E-state index contributed by atoms with van der Waals surface area (Å²) in [6.45, 7) is 6.20. The van der Waals surface area contributed by atoms with Crippen molar-refractivity contribution in [3.05, 3.63) is 22.7 Å². The molecule has 0 spiro atoms. The number of hydrogen-bond donors (Lipinski definition) is 3. The molecule has 0 radical (unpaired) electrons. The predicted octanol–water partition coefficient (Wildman–Crippen LogP) is 2.80. The molecule has 1 aromatic carbocycles. The Kier molecular flexibility index (Phi) is 4.05. The number of anilines is 2. The number of nitrogen functional groups attached to an aromatic ring is 1. The Morgan fingerprint density at radius 2 is 2.06 bits per heavy atom. The highest BCUT2D eigenvalue weighted by Crippen LogP contribution is 2.29. The van der Waals surface area contributed by atoms with E-state index in [2.05, 4.69) is 5.32 Å². The maximum atomic E-state index is 8.96. The van der Waals surface area contributed by atoms with Crippen LogP contribution < -0.4 is 11.1 Å². The average Bonchev–Trinajstić information content (AvgIpc) is 2.13. The third-order valence-corrected chi connectivity index (χ3v) is 2.88. The average molecular weight is 243 g/mol. The van der Waals surface area contributed by atoms with Crippen LogP contribution in [0.5, 0.6) is 0 Å². The fourth-order valence-corrected chi connectivity index (χ4v) is 1.71. The number of rotatable bonds is 4. The van der Waals surface area contributed by atoms with Crippen molar-refractivity contribution in [2.24, 2.45) is 0 Å². The molecule has 0 amide bonds. The van der Waals surface area contributed by atoms with Gasteiger partial charge in [-0.3, -0.25) is 0 Å². The van der Waals surface area contributed by atoms with Crippen molar-refractivity contribution in [3.63, 3.8) is 0 Å². The van der Waals surface area contributed by atoms with Crippen LogP contribution in [0.4, 0.5) is 11.4 Å². The van der Waals surface area contributed by atoms with E-state index in [1.807, 2.05) is 32.9 Å². The zero-order valence-corrected chi connectivity index (χ0v) is 10.7. The Morgan fingerprint density at radius 1 is 1.44 bits per heavy atom. The van der Waals surface area contributed by atoms with E-state index < -0.39 is 0 Å². The van der Waals surface area contributed by atoms with Gasteiger partial charge in [0.1, 0.15) is 0 Å². The minimum Gasteiger partial charge on any atom is -0.398 e.